The zero-order valence-electron chi connectivity index (χ0n) is 14.1. The van der Waals surface area contributed by atoms with Crippen molar-refractivity contribution in [3.8, 4) is 0 Å². The smallest absolute Gasteiger partial charge is 0.220 e. The summed E-state index contributed by atoms with van der Waals surface area (Å²) >= 11 is 3.50. The molecule has 0 bridgehead atoms. The van der Waals surface area contributed by atoms with Gasteiger partial charge in [0.15, 0.2) is 0 Å². The zero-order valence-corrected chi connectivity index (χ0v) is 15.7. The van der Waals surface area contributed by atoms with Crippen LogP contribution < -0.4 is 5.32 Å². The zero-order chi connectivity index (χ0) is 16.3. The molecule has 0 aromatic heterocycles. The first-order chi connectivity index (χ1) is 11.1. The molecule has 1 amide bonds. The maximum Gasteiger partial charge on any atom is 0.220 e. The van der Waals surface area contributed by atoms with Crippen LogP contribution in [0.25, 0.3) is 0 Å². The third-order valence-corrected chi connectivity index (χ3v) is 6.45. The summed E-state index contributed by atoms with van der Waals surface area (Å²) < 4.78 is 1.11. The van der Waals surface area contributed by atoms with Gasteiger partial charge in [-0.3, -0.25) is 4.79 Å². The monoisotopic (exact) mass is 377 g/mol. The standard InChI is InChI=1S/C20H28BrNO/c1-15(20(13-14-20)17-8-10-18(21)11-9-17)22-19(23)12-7-16-5-3-2-4-6-16/h8-11,15-16H,2-7,12-14H2,1H3,(H,22,23). The third kappa shape index (κ3) is 4.17. The topological polar surface area (TPSA) is 29.1 Å². The summed E-state index contributed by atoms with van der Waals surface area (Å²) in [5.74, 6) is 1.03. The molecular formula is C20H28BrNO. The Labute approximate surface area is 148 Å². The molecule has 1 N–H and O–H groups in total. The lowest BCUT2D eigenvalue weighted by atomic mass is 9.86. The van der Waals surface area contributed by atoms with Crippen LogP contribution in [0.5, 0.6) is 0 Å². The summed E-state index contributed by atoms with van der Waals surface area (Å²) in [4.78, 5) is 12.3. The molecule has 0 spiro atoms. The Kier molecular flexibility index (Phi) is 5.45. The van der Waals surface area contributed by atoms with Crippen molar-refractivity contribution in [2.45, 2.75) is 76.2 Å². The Morgan fingerprint density at radius 1 is 1.22 bits per heavy atom. The minimum absolute atomic E-state index is 0.168. The third-order valence-electron chi connectivity index (χ3n) is 5.92. The minimum atomic E-state index is 0.168. The first kappa shape index (κ1) is 17.0. The lowest BCUT2D eigenvalue weighted by molar-refractivity contribution is -0.122. The second kappa shape index (κ2) is 7.38. The summed E-state index contributed by atoms with van der Waals surface area (Å²) in [5.41, 5.74) is 1.53. The van der Waals surface area contributed by atoms with Crippen molar-refractivity contribution < 1.29 is 4.79 Å². The Morgan fingerprint density at radius 2 is 1.87 bits per heavy atom. The van der Waals surface area contributed by atoms with Crippen LogP contribution in [-0.2, 0) is 10.2 Å². The average molecular weight is 378 g/mol. The van der Waals surface area contributed by atoms with Crippen LogP contribution in [0.15, 0.2) is 28.7 Å². The lowest BCUT2D eigenvalue weighted by Gasteiger charge is -2.26. The Morgan fingerprint density at radius 3 is 2.48 bits per heavy atom. The van der Waals surface area contributed by atoms with Crippen LogP contribution in [0.2, 0.25) is 0 Å². The van der Waals surface area contributed by atoms with Crippen molar-refractivity contribution in [2.75, 3.05) is 0 Å². The van der Waals surface area contributed by atoms with E-state index in [1.54, 1.807) is 0 Å². The van der Waals surface area contributed by atoms with Crippen LogP contribution in [-0.4, -0.2) is 11.9 Å². The van der Waals surface area contributed by atoms with Crippen molar-refractivity contribution in [1.82, 2.24) is 5.32 Å². The molecule has 0 radical (unpaired) electrons. The number of benzene rings is 1. The van der Waals surface area contributed by atoms with Gasteiger partial charge in [0.1, 0.15) is 0 Å². The fourth-order valence-corrected chi connectivity index (χ4v) is 4.42. The Balaban J connectivity index is 1.50. The fourth-order valence-electron chi connectivity index (χ4n) is 4.15. The van der Waals surface area contributed by atoms with Gasteiger partial charge in [-0.1, -0.05) is 60.2 Å². The van der Waals surface area contributed by atoms with E-state index in [1.807, 2.05) is 0 Å². The lowest BCUT2D eigenvalue weighted by Crippen LogP contribution is -2.41. The SMILES string of the molecule is CC(NC(=O)CCC1CCCCC1)C1(c2ccc(Br)cc2)CC1. The van der Waals surface area contributed by atoms with Crippen molar-refractivity contribution in [3.63, 3.8) is 0 Å². The molecule has 1 unspecified atom stereocenters. The van der Waals surface area contributed by atoms with E-state index in [0.29, 0.717) is 6.42 Å². The summed E-state index contributed by atoms with van der Waals surface area (Å²) in [7, 11) is 0. The summed E-state index contributed by atoms with van der Waals surface area (Å²) in [5, 5.41) is 3.28. The van der Waals surface area contributed by atoms with Gasteiger partial charge < -0.3 is 5.32 Å². The molecule has 1 aromatic carbocycles. The second-order valence-corrected chi connectivity index (χ2v) is 8.41. The predicted octanol–water partition coefficient (Wildman–Crippen LogP) is 5.35. The van der Waals surface area contributed by atoms with Gasteiger partial charge >= 0.3 is 0 Å². The highest BCUT2D eigenvalue weighted by Gasteiger charge is 2.49. The van der Waals surface area contributed by atoms with Gasteiger partial charge in [0.25, 0.3) is 0 Å². The highest BCUT2D eigenvalue weighted by Crippen LogP contribution is 2.51. The highest BCUT2D eigenvalue weighted by molar-refractivity contribution is 9.10. The summed E-state index contributed by atoms with van der Waals surface area (Å²) in [6.07, 6.45) is 10.9. The first-order valence-electron chi connectivity index (χ1n) is 9.15. The number of rotatable bonds is 6. The molecule has 3 rings (SSSR count). The molecule has 3 heteroatoms. The van der Waals surface area contributed by atoms with Gasteiger partial charge in [-0.2, -0.15) is 0 Å². The van der Waals surface area contributed by atoms with E-state index in [0.717, 1.165) is 16.8 Å². The highest BCUT2D eigenvalue weighted by atomic mass is 79.9. The number of hydrogen-bond donors (Lipinski definition) is 1. The van der Waals surface area contributed by atoms with Crippen molar-refractivity contribution in [1.29, 1.82) is 0 Å². The summed E-state index contributed by atoms with van der Waals surface area (Å²) in [6, 6.07) is 8.83. The largest absolute Gasteiger partial charge is 0.353 e. The van der Waals surface area contributed by atoms with Crippen LogP contribution in [0.1, 0.15) is 70.3 Å². The molecule has 0 saturated heterocycles. The molecule has 1 atom stereocenters. The molecular weight excluding hydrogens is 350 g/mol. The van der Waals surface area contributed by atoms with E-state index in [1.165, 1.54) is 50.5 Å². The molecule has 1 aromatic rings. The molecule has 126 valence electrons. The number of carbonyl (C=O) groups is 1. The number of nitrogens with one attached hydrogen (secondary N) is 1. The van der Waals surface area contributed by atoms with Gasteiger partial charge in [-0.15, -0.1) is 0 Å². The number of halogens is 1. The van der Waals surface area contributed by atoms with Gasteiger partial charge in [0, 0.05) is 22.4 Å². The van der Waals surface area contributed by atoms with E-state index < -0.39 is 0 Å². The van der Waals surface area contributed by atoms with E-state index in [9.17, 15) is 4.79 Å². The first-order valence-corrected chi connectivity index (χ1v) is 9.95. The second-order valence-electron chi connectivity index (χ2n) is 7.49. The van der Waals surface area contributed by atoms with Crippen LogP contribution >= 0.6 is 15.9 Å². The summed E-state index contributed by atoms with van der Waals surface area (Å²) in [6.45, 7) is 2.17. The molecule has 2 aliphatic rings. The van der Waals surface area contributed by atoms with Gasteiger partial charge in [-0.05, 0) is 49.8 Å². The van der Waals surface area contributed by atoms with E-state index >= 15 is 0 Å². The van der Waals surface area contributed by atoms with Crippen LogP contribution in [0, 0.1) is 5.92 Å². The Hall–Kier alpha value is -0.830. The van der Waals surface area contributed by atoms with Gasteiger partial charge in [0.2, 0.25) is 5.91 Å². The molecule has 2 aliphatic carbocycles. The molecule has 23 heavy (non-hydrogen) atoms. The van der Waals surface area contributed by atoms with E-state index in [2.05, 4.69) is 52.4 Å². The molecule has 2 nitrogen and oxygen atoms in total. The van der Waals surface area contributed by atoms with Crippen LogP contribution in [0.4, 0.5) is 0 Å². The van der Waals surface area contributed by atoms with Crippen molar-refractivity contribution >= 4 is 21.8 Å². The fraction of sp³-hybridized carbons (Fsp3) is 0.650. The van der Waals surface area contributed by atoms with Crippen LogP contribution in [0.3, 0.4) is 0 Å². The van der Waals surface area contributed by atoms with Crippen molar-refractivity contribution in [3.05, 3.63) is 34.3 Å². The van der Waals surface area contributed by atoms with Gasteiger partial charge in [-0.25, -0.2) is 0 Å². The quantitative estimate of drug-likeness (QED) is 0.711. The molecule has 2 saturated carbocycles. The molecule has 0 heterocycles. The maximum absolute atomic E-state index is 12.3. The number of hydrogen-bond acceptors (Lipinski definition) is 1. The van der Waals surface area contributed by atoms with Crippen molar-refractivity contribution in [2.24, 2.45) is 5.92 Å². The van der Waals surface area contributed by atoms with E-state index in [4.69, 9.17) is 0 Å². The maximum atomic E-state index is 12.3. The van der Waals surface area contributed by atoms with Gasteiger partial charge in [0.05, 0.1) is 0 Å². The Bertz CT molecular complexity index is 529. The average Bonchev–Trinajstić information content (AvgIpc) is 3.36. The predicted molar refractivity (Wildman–Crippen MR) is 98.5 cm³/mol. The normalized spacial score (nSPS) is 21.7. The minimum Gasteiger partial charge on any atom is -0.353 e. The number of amides is 1. The molecule has 0 aliphatic heterocycles. The number of carbonyl (C=O) groups excluding carboxylic acids is 1. The molecule has 2 fully saturated rings. The van der Waals surface area contributed by atoms with E-state index in [-0.39, 0.29) is 17.4 Å².